The molecule has 0 spiro atoms. The molecule has 102 valence electrons. The molecule has 0 amide bonds. The van der Waals surface area contributed by atoms with Gasteiger partial charge in [-0.3, -0.25) is 0 Å². The number of rotatable bonds is 5. The molecule has 1 aromatic rings. The van der Waals surface area contributed by atoms with Crippen molar-refractivity contribution in [1.82, 2.24) is 4.72 Å². The van der Waals surface area contributed by atoms with Crippen LogP contribution in [0.2, 0.25) is 0 Å². The van der Waals surface area contributed by atoms with Crippen molar-refractivity contribution < 1.29 is 8.42 Å². The molecule has 4 nitrogen and oxygen atoms in total. The van der Waals surface area contributed by atoms with Crippen LogP contribution in [0.3, 0.4) is 0 Å². The van der Waals surface area contributed by atoms with E-state index in [0.717, 1.165) is 37.0 Å². The first-order valence-corrected chi connectivity index (χ1v) is 8.73. The van der Waals surface area contributed by atoms with Gasteiger partial charge in [0.05, 0.1) is 0 Å². The normalized spacial score (nSPS) is 18.1. The van der Waals surface area contributed by atoms with Gasteiger partial charge in [0.2, 0.25) is 10.0 Å². The molecule has 0 bridgehead atoms. The number of nitrogens with one attached hydrogen (secondary N) is 1. The highest BCUT2D eigenvalue weighted by Crippen LogP contribution is 2.24. The van der Waals surface area contributed by atoms with Gasteiger partial charge in [0.15, 0.2) is 0 Å². The van der Waals surface area contributed by atoms with Crippen LogP contribution in [0.4, 0.5) is 0 Å². The molecule has 3 N–H and O–H groups in total. The van der Waals surface area contributed by atoms with Crippen LogP contribution in [-0.4, -0.2) is 21.0 Å². The largest absolute Gasteiger partial charge is 0.330 e. The molecule has 1 heterocycles. The number of thiophene rings is 1. The lowest BCUT2D eigenvalue weighted by Gasteiger charge is -2.22. The van der Waals surface area contributed by atoms with Gasteiger partial charge in [0.25, 0.3) is 0 Å². The van der Waals surface area contributed by atoms with Gasteiger partial charge in [-0.15, -0.1) is 11.3 Å². The highest BCUT2D eigenvalue weighted by Gasteiger charge is 2.23. The van der Waals surface area contributed by atoms with Gasteiger partial charge in [-0.2, -0.15) is 0 Å². The predicted octanol–water partition coefficient (Wildman–Crippen LogP) is 1.86. The van der Waals surface area contributed by atoms with Crippen molar-refractivity contribution in [2.75, 3.05) is 6.54 Å². The minimum atomic E-state index is -3.33. The average molecular weight is 288 g/mol. The van der Waals surface area contributed by atoms with E-state index in [9.17, 15) is 8.42 Å². The van der Waals surface area contributed by atoms with E-state index in [0.29, 0.717) is 10.8 Å². The van der Waals surface area contributed by atoms with Gasteiger partial charge >= 0.3 is 0 Å². The Labute approximate surface area is 113 Å². The van der Waals surface area contributed by atoms with E-state index < -0.39 is 10.0 Å². The summed E-state index contributed by atoms with van der Waals surface area (Å²) >= 11 is 1.32. The smallest absolute Gasteiger partial charge is 0.250 e. The zero-order valence-corrected chi connectivity index (χ0v) is 12.0. The highest BCUT2D eigenvalue weighted by molar-refractivity contribution is 7.91. The monoisotopic (exact) mass is 288 g/mol. The first-order valence-electron chi connectivity index (χ1n) is 6.43. The molecule has 0 atom stereocenters. The summed E-state index contributed by atoms with van der Waals surface area (Å²) in [4.78, 5) is 1.03. The third kappa shape index (κ3) is 3.54. The summed E-state index contributed by atoms with van der Waals surface area (Å²) in [5, 5.41) is 0. The van der Waals surface area contributed by atoms with Crippen LogP contribution >= 0.6 is 11.3 Å². The Balaban J connectivity index is 2.04. The van der Waals surface area contributed by atoms with Crippen molar-refractivity contribution in [2.45, 2.75) is 48.8 Å². The lowest BCUT2D eigenvalue weighted by atomic mass is 9.96. The van der Waals surface area contributed by atoms with E-state index in [-0.39, 0.29) is 6.04 Å². The minimum Gasteiger partial charge on any atom is -0.330 e. The minimum absolute atomic E-state index is 0.115. The van der Waals surface area contributed by atoms with Crippen molar-refractivity contribution in [3.05, 3.63) is 17.0 Å². The topological polar surface area (TPSA) is 72.2 Å². The van der Waals surface area contributed by atoms with Gasteiger partial charge in [0, 0.05) is 10.9 Å². The molecule has 1 aromatic heterocycles. The molecular formula is C12H20N2O2S2. The van der Waals surface area contributed by atoms with Gasteiger partial charge in [0.1, 0.15) is 4.21 Å². The first-order chi connectivity index (χ1) is 8.62. The summed E-state index contributed by atoms with van der Waals surface area (Å²) in [6, 6.07) is 3.65. The third-order valence-electron chi connectivity index (χ3n) is 3.22. The third-order valence-corrected chi connectivity index (χ3v) is 6.38. The fourth-order valence-electron chi connectivity index (χ4n) is 2.28. The number of nitrogens with two attached hydrogens (primary N) is 1. The molecule has 1 aliphatic carbocycles. The van der Waals surface area contributed by atoms with E-state index in [2.05, 4.69) is 4.72 Å². The van der Waals surface area contributed by atoms with Gasteiger partial charge < -0.3 is 5.73 Å². The van der Waals surface area contributed by atoms with E-state index >= 15 is 0 Å². The Kier molecular flexibility index (Phi) is 4.77. The fraction of sp³-hybridized carbons (Fsp3) is 0.667. The molecular weight excluding hydrogens is 268 g/mol. The predicted molar refractivity (Wildman–Crippen MR) is 74.3 cm³/mol. The van der Waals surface area contributed by atoms with Crippen molar-refractivity contribution in [3.63, 3.8) is 0 Å². The Morgan fingerprint density at radius 3 is 2.67 bits per heavy atom. The second-order valence-corrected chi connectivity index (χ2v) is 7.82. The molecule has 18 heavy (non-hydrogen) atoms. The number of hydrogen-bond donors (Lipinski definition) is 2. The molecule has 2 rings (SSSR count). The van der Waals surface area contributed by atoms with Crippen LogP contribution in [0.25, 0.3) is 0 Å². The summed E-state index contributed by atoms with van der Waals surface area (Å²) < 4.78 is 27.6. The molecule has 0 aliphatic heterocycles. The van der Waals surface area contributed by atoms with Crippen molar-refractivity contribution in [1.29, 1.82) is 0 Å². The lowest BCUT2D eigenvalue weighted by Crippen LogP contribution is -2.35. The zero-order chi connectivity index (χ0) is 13.0. The molecule has 0 saturated heterocycles. The molecule has 1 fully saturated rings. The van der Waals surface area contributed by atoms with E-state index in [4.69, 9.17) is 5.73 Å². The summed E-state index contributed by atoms with van der Waals surface area (Å²) in [6.45, 7) is 0.552. The van der Waals surface area contributed by atoms with Crippen molar-refractivity contribution in [2.24, 2.45) is 5.73 Å². The molecule has 6 heteroatoms. The van der Waals surface area contributed by atoms with Gasteiger partial charge in [-0.25, -0.2) is 13.1 Å². The second-order valence-electron chi connectivity index (χ2n) is 4.72. The van der Waals surface area contributed by atoms with Crippen molar-refractivity contribution in [3.8, 4) is 0 Å². The molecule has 1 saturated carbocycles. The Hall–Kier alpha value is -0.430. The molecule has 1 aliphatic rings. The summed E-state index contributed by atoms with van der Waals surface area (Å²) in [7, 11) is -3.33. The lowest BCUT2D eigenvalue weighted by molar-refractivity contribution is 0.412. The Morgan fingerprint density at radius 1 is 1.28 bits per heavy atom. The van der Waals surface area contributed by atoms with Crippen LogP contribution in [0.5, 0.6) is 0 Å². The van der Waals surface area contributed by atoms with Crippen LogP contribution in [0.15, 0.2) is 16.3 Å². The van der Waals surface area contributed by atoms with Gasteiger partial charge in [-0.05, 0) is 37.9 Å². The summed E-state index contributed by atoms with van der Waals surface area (Å²) in [6.07, 6.45) is 6.12. The van der Waals surface area contributed by atoms with E-state index in [1.165, 1.54) is 17.8 Å². The molecule has 0 radical (unpaired) electrons. The van der Waals surface area contributed by atoms with Crippen LogP contribution < -0.4 is 10.5 Å². The Bertz CT molecular complexity index is 476. The van der Waals surface area contributed by atoms with Crippen molar-refractivity contribution >= 4 is 21.4 Å². The zero-order valence-electron chi connectivity index (χ0n) is 10.4. The van der Waals surface area contributed by atoms with Crippen LogP contribution in [-0.2, 0) is 16.4 Å². The number of hydrogen-bond acceptors (Lipinski definition) is 4. The second kappa shape index (κ2) is 6.14. The van der Waals surface area contributed by atoms with Gasteiger partial charge in [-0.1, -0.05) is 19.3 Å². The maximum Gasteiger partial charge on any atom is 0.250 e. The van der Waals surface area contributed by atoms with Crippen LogP contribution in [0, 0.1) is 0 Å². The summed E-state index contributed by atoms with van der Waals surface area (Å²) in [5.41, 5.74) is 5.47. The maximum atomic E-state index is 12.2. The van der Waals surface area contributed by atoms with E-state index in [1.807, 2.05) is 6.07 Å². The highest BCUT2D eigenvalue weighted by atomic mass is 32.2. The average Bonchev–Trinajstić information content (AvgIpc) is 2.80. The SMILES string of the molecule is NCCc1ccc(S(=O)(=O)NC2CCCCC2)s1. The Morgan fingerprint density at radius 2 is 2.00 bits per heavy atom. The first kappa shape index (κ1) is 14.0. The van der Waals surface area contributed by atoms with E-state index in [1.54, 1.807) is 6.07 Å². The summed E-state index contributed by atoms with van der Waals surface area (Å²) in [5.74, 6) is 0. The number of sulfonamides is 1. The standard InChI is InChI=1S/C12H20N2O2S2/c13-9-8-11-6-7-12(17-11)18(15,16)14-10-4-2-1-3-5-10/h6-7,10,14H,1-5,8-9,13H2. The molecule has 0 aromatic carbocycles. The molecule has 0 unspecified atom stereocenters. The fourth-order valence-corrected chi connectivity index (χ4v) is 4.97. The quantitative estimate of drug-likeness (QED) is 0.868. The maximum absolute atomic E-state index is 12.2. The van der Waals surface area contributed by atoms with Crippen LogP contribution in [0.1, 0.15) is 37.0 Å².